The highest BCUT2D eigenvalue weighted by molar-refractivity contribution is 5.03. The van der Waals surface area contributed by atoms with E-state index in [4.69, 9.17) is 5.73 Å². The SMILES string of the molecule is C=C(C)NC1C(N)CC(CC)CC1C(C)(C)CCCC(C)C. The maximum Gasteiger partial charge on any atom is 0.0442 e. The van der Waals surface area contributed by atoms with Gasteiger partial charge in [0.25, 0.3) is 0 Å². The topological polar surface area (TPSA) is 38.0 Å². The molecule has 4 unspecified atom stereocenters. The minimum Gasteiger partial charge on any atom is -0.384 e. The van der Waals surface area contributed by atoms with Crippen molar-refractivity contribution in [1.82, 2.24) is 5.32 Å². The number of allylic oxidation sites excluding steroid dienone is 1. The fourth-order valence-corrected chi connectivity index (χ4v) is 4.21. The second kappa shape index (κ2) is 8.38. The Hall–Kier alpha value is -0.500. The molecule has 0 radical (unpaired) electrons. The monoisotopic (exact) mass is 308 g/mol. The van der Waals surface area contributed by atoms with Gasteiger partial charge in [0.15, 0.2) is 0 Å². The molecule has 0 amide bonds. The van der Waals surface area contributed by atoms with Crippen LogP contribution in [0.5, 0.6) is 0 Å². The Morgan fingerprint density at radius 2 is 1.95 bits per heavy atom. The summed E-state index contributed by atoms with van der Waals surface area (Å²) in [5.74, 6) is 2.23. The molecule has 1 saturated carbocycles. The molecule has 0 saturated heterocycles. The maximum absolute atomic E-state index is 6.55. The smallest absolute Gasteiger partial charge is 0.0442 e. The minimum atomic E-state index is 0.254. The van der Waals surface area contributed by atoms with Crippen molar-refractivity contribution in [3.63, 3.8) is 0 Å². The molecule has 0 aromatic carbocycles. The standard InChI is InChI=1S/C20H40N2/c1-8-16-12-17(19(18(21)13-16)22-15(4)5)20(6,7)11-9-10-14(2)3/h14,16-19,22H,4,8-13,21H2,1-3,5-7H3. The zero-order valence-electron chi connectivity index (χ0n) is 15.9. The van der Waals surface area contributed by atoms with Gasteiger partial charge in [-0.05, 0) is 49.4 Å². The van der Waals surface area contributed by atoms with Crippen LogP contribution >= 0.6 is 0 Å². The van der Waals surface area contributed by atoms with E-state index >= 15 is 0 Å². The lowest BCUT2D eigenvalue weighted by Gasteiger charge is -2.48. The first-order valence-corrected chi connectivity index (χ1v) is 9.35. The fraction of sp³-hybridized carbons (Fsp3) is 0.900. The first-order valence-electron chi connectivity index (χ1n) is 9.35. The van der Waals surface area contributed by atoms with E-state index in [2.05, 4.69) is 53.4 Å². The van der Waals surface area contributed by atoms with Crippen LogP contribution in [0.4, 0.5) is 0 Å². The third-order valence-corrected chi connectivity index (χ3v) is 5.68. The molecule has 1 fully saturated rings. The van der Waals surface area contributed by atoms with Crippen LogP contribution in [0.2, 0.25) is 0 Å². The highest BCUT2D eigenvalue weighted by atomic mass is 15.0. The molecular formula is C20H40N2. The van der Waals surface area contributed by atoms with Gasteiger partial charge in [0.05, 0.1) is 0 Å². The quantitative estimate of drug-likeness (QED) is 0.655. The summed E-state index contributed by atoms with van der Waals surface area (Å²) in [6, 6.07) is 0.638. The Bertz CT molecular complexity index is 346. The number of nitrogens with two attached hydrogens (primary N) is 1. The summed E-state index contributed by atoms with van der Waals surface area (Å²) < 4.78 is 0. The average Bonchev–Trinajstić information content (AvgIpc) is 2.39. The molecule has 2 nitrogen and oxygen atoms in total. The largest absolute Gasteiger partial charge is 0.384 e. The van der Waals surface area contributed by atoms with E-state index in [-0.39, 0.29) is 6.04 Å². The number of hydrogen-bond acceptors (Lipinski definition) is 2. The third-order valence-electron chi connectivity index (χ3n) is 5.68. The Morgan fingerprint density at radius 1 is 1.32 bits per heavy atom. The van der Waals surface area contributed by atoms with Crippen molar-refractivity contribution < 1.29 is 0 Å². The summed E-state index contributed by atoms with van der Waals surface area (Å²) in [4.78, 5) is 0. The zero-order valence-corrected chi connectivity index (χ0v) is 15.9. The highest BCUT2D eigenvalue weighted by Crippen LogP contribution is 2.44. The molecule has 0 aromatic heterocycles. The summed E-state index contributed by atoms with van der Waals surface area (Å²) in [6.07, 6.45) is 7.67. The maximum atomic E-state index is 6.55. The lowest BCUT2D eigenvalue weighted by atomic mass is 9.62. The Kier molecular flexibility index (Phi) is 7.45. The molecule has 22 heavy (non-hydrogen) atoms. The highest BCUT2D eigenvalue weighted by Gasteiger charge is 2.42. The fourth-order valence-electron chi connectivity index (χ4n) is 4.21. The van der Waals surface area contributed by atoms with Gasteiger partial charge in [-0.3, -0.25) is 0 Å². The Balaban J connectivity index is 2.83. The lowest BCUT2D eigenvalue weighted by Crippen LogP contribution is -2.57. The zero-order chi connectivity index (χ0) is 16.9. The first-order chi connectivity index (χ1) is 10.2. The summed E-state index contributed by atoms with van der Waals surface area (Å²) in [7, 11) is 0. The Morgan fingerprint density at radius 3 is 2.45 bits per heavy atom. The molecule has 4 atom stereocenters. The Labute approximate surface area is 139 Å². The van der Waals surface area contributed by atoms with Crippen molar-refractivity contribution in [3.05, 3.63) is 12.3 Å². The van der Waals surface area contributed by atoms with Gasteiger partial charge in [-0.15, -0.1) is 0 Å². The van der Waals surface area contributed by atoms with Gasteiger partial charge < -0.3 is 11.1 Å². The summed E-state index contributed by atoms with van der Waals surface area (Å²) >= 11 is 0. The van der Waals surface area contributed by atoms with E-state index in [1.54, 1.807) is 0 Å². The van der Waals surface area contributed by atoms with Crippen LogP contribution < -0.4 is 11.1 Å². The van der Waals surface area contributed by atoms with E-state index in [0.717, 1.165) is 24.0 Å². The molecule has 2 heteroatoms. The van der Waals surface area contributed by atoms with Crippen LogP contribution in [0, 0.1) is 23.2 Å². The van der Waals surface area contributed by atoms with Crippen LogP contribution in [-0.4, -0.2) is 12.1 Å². The molecule has 0 heterocycles. The summed E-state index contributed by atoms with van der Waals surface area (Å²) in [5.41, 5.74) is 7.95. The van der Waals surface area contributed by atoms with Gasteiger partial charge >= 0.3 is 0 Å². The average molecular weight is 309 g/mol. The molecule has 0 aliphatic heterocycles. The summed E-state index contributed by atoms with van der Waals surface area (Å²) in [6.45, 7) is 18.0. The molecule has 0 bridgehead atoms. The molecule has 3 N–H and O–H groups in total. The molecular weight excluding hydrogens is 268 g/mol. The first kappa shape index (κ1) is 19.5. The molecule has 1 rings (SSSR count). The van der Waals surface area contributed by atoms with E-state index in [0.29, 0.717) is 17.4 Å². The van der Waals surface area contributed by atoms with Gasteiger partial charge in [-0.2, -0.15) is 0 Å². The van der Waals surface area contributed by atoms with Gasteiger partial charge in [-0.25, -0.2) is 0 Å². The van der Waals surface area contributed by atoms with Crippen molar-refractivity contribution in [2.45, 2.75) is 92.2 Å². The van der Waals surface area contributed by atoms with Crippen LogP contribution in [-0.2, 0) is 0 Å². The molecule has 1 aliphatic rings. The number of nitrogens with one attached hydrogen (secondary N) is 1. The predicted octanol–water partition coefficient (Wildman–Crippen LogP) is 5.09. The predicted molar refractivity (Wildman–Crippen MR) is 98.7 cm³/mol. The minimum absolute atomic E-state index is 0.254. The van der Waals surface area contributed by atoms with Gasteiger partial charge in [0, 0.05) is 17.8 Å². The van der Waals surface area contributed by atoms with E-state index in [1.807, 2.05) is 0 Å². The van der Waals surface area contributed by atoms with Crippen LogP contribution in [0.25, 0.3) is 0 Å². The van der Waals surface area contributed by atoms with Gasteiger partial charge in [-0.1, -0.05) is 60.5 Å². The van der Waals surface area contributed by atoms with Crippen molar-refractivity contribution in [2.75, 3.05) is 0 Å². The normalized spacial score (nSPS) is 29.6. The second-order valence-electron chi connectivity index (χ2n) is 8.74. The number of rotatable bonds is 8. The van der Waals surface area contributed by atoms with Gasteiger partial charge in [0.1, 0.15) is 0 Å². The van der Waals surface area contributed by atoms with Crippen LogP contribution in [0.3, 0.4) is 0 Å². The van der Waals surface area contributed by atoms with Crippen molar-refractivity contribution in [3.8, 4) is 0 Å². The van der Waals surface area contributed by atoms with Crippen LogP contribution in [0.15, 0.2) is 12.3 Å². The van der Waals surface area contributed by atoms with E-state index in [9.17, 15) is 0 Å². The van der Waals surface area contributed by atoms with Crippen molar-refractivity contribution in [2.24, 2.45) is 28.9 Å². The van der Waals surface area contributed by atoms with Gasteiger partial charge in [0.2, 0.25) is 0 Å². The van der Waals surface area contributed by atoms with Crippen LogP contribution in [0.1, 0.15) is 80.1 Å². The second-order valence-corrected chi connectivity index (χ2v) is 8.74. The van der Waals surface area contributed by atoms with Crippen molar-refractivity contribution >= 4 is 0 Å². The summed E-state index contributed by atoms with van der Waals surface area (Å²) in [5, 5.41) is 3.61. The molecule has 0 aromatic rings. The number of hydrogen-bond donors (Lipinski definition) is 2. The van der Waals surface area contributed by atoms with E-state index < -0.39 is 0 Å². The third kappa shape index (κ3) is 5.61. The lowest BCUT2D eigenvalue weighted by molar-refractivity contribution is 0.0658. The van der Waals surface area contributed by atoms with E-state index in [1.165, 1.54) is 32.1 Å². The van der Waals surface area contributed by atoms with Crippen molar-refractivity contribution in [1.29, 1.82) is 0 Å². The molecule has 1 aliphatic carbocycles. The molecule has 130 valence electrons. The molecule has 0 spiro atoms.